The molecule has 4 aromatic rings. The van der Waals surface area contributed by atoms with Crippen molar-refractivity contribution in [3.05, 3.63) is 71.9 Å². The predicted octanol–water partition coefficient (Wildman–Crippen LogP) is 3.57. The molecule has 0 bridgehead atoms. The quantitative estimate of drug-likeness (QED) is 0.520. The predicted molar refractivity (Wildman–Crippen MR) is 113 cm³/mol. The molecule has 0 saturated carbocycles. The number of thiazole rings is 1. The van der Waals surface area contributed by atoms with E-state index in [1.165, 1.54) is 35.6 Å². The number of carbonyl (C=O) groups excluding carboxylic acids is 1. The third-order valence-electron chi connectivity index (χ3n) is 4.33. The molecule has 146 valence electrons. The number of anilines is 1. The van der Waals surface area contributed by atoms with Gasteiger partial charge in [-0.15, -0.1) is 0 Å². The Balaban J connectivity index is 1.55. The van der Waals surface area contributed by atoms with Crippen LogP contribution in [0.15, 0.2) is 65.7 Å². The van der Waals surface area contributed by atoms with Crippen LogP contribution < -0.4 is 10.5 Å². The van der Waals surface area contributed by atoms with Gasteiger partial charge in [0.1, 0.15) is 15.4 Å². The van der Waals surface area contributed by atoms with Crippen LogP contribution in [0.3, 0.4) is 0 Å². The number of rotatable bonds is 4. The fourth-order valence-electron chi connectivity index (χ4n) is 2.82. The minimum absolute atomic E-state index is 0.0418. The van der Waals surface area contributed by atoms with E-state index < -0.39 is 10.0 Å². The lowest BCUT2D eigenvalue weighted by Gasteiger charge is -2.10. The first-order valence-electron chi connectivity index (χ1n) is 8.58. The number of sulfonamides is 1. The third-order valence-corrected chi connectivity index (χ3v) is 6.29. The van der Waals surface area contributed by atoms with Gasteiger partial charge in [0.25, 0.3) is 5.91 Å². The zero-order valence-corrected chi connectivity index (χ0v) is 16.9. The monoisotopic (exact) mass is 424 g/mol. The number of fused-ring (bicyclic) bond motifs is 1. The normalized spacial score (nSPS) is 11.5. The maximum Gasteiger partial charge on any atom is 0.255 e. The second kappa shape index (κ2) is 7.36. The number of amides is 1. The van der Waals surface area contributed by atoms with Gasteiger partial charge in [-0.1, -0.05) is 11.3 Å². The van der Waals surface area contributed by atoms with Crippen LogP contribution in [0, 0.1) is 6.92 Å². The van der Waals surface area contributed by atoms with Crippen LogP contribution in [-0.4, -0.2) is 24.3 Å². The maximum atomic E-state index is 12.5. The number of aromatic nitrogens is 2. The van der Waals surface area contributed by atoms with Gasteiger partial charge in [0.2, 0.25) is 10.0 Å². The number of nitrogens with one attached hydrogen (secondary N) is 1. The maximum absolute atomic E-state index is 12.5. The molecule has 2 aromatic heterocycles. The minimum Gasteiger partial charge on any atom is -0.322 e. The number of primary sulfonamides is 1. The second-order valence-electron chi connectivity index (χ2n) is 6.40. The molecule has 0 atom stereocenters. The van der Waals surface area contributed by atoms with E-state index in [9.17, 15) is 13.2 Å². The van der Waals surface area contributed by atoms with Crippen molar-refractivity contribution >= 4 is 43.3 Å². The summed E-state index contributed by atoms with van der Waals surface area (Å²) in [6.07, 6.45) is 1.74. The van der Waals surface area contributed by atoms with Gasteiger partial charge in [-0.05, 0) is 67.1 Å². The average Bonchev–Trinajstić information content (AvgIpc) is 3.13. The van der Waals surface area contributed by atoms with E-state index in [1.54, 1.807) is 6.20 Å². The molecular formula is C20H16N4O3S2. The summed E-state index contributed by atoms with van der Waals surface area (Å²) in [6.45, 7) is 1.90. The van der Waals surface area contributed by atoms with Crippen molar-refractivity contribution in [3.63, 3.8) is 0 Å². The minimum atomic E-state index is -3.79. The number of aryl methyl sites for hydroxylation is 1. The molecule has 0 aliphatic carbocycles. The molecule has 0 radical (unpaired) electrons. The van der Waals surface area contributed by atoms with Crippen LogP contribution in [0.4, 0.5) is 5.69 Å². The smallest absolute Gasteiger partial charge is 0.255 e. The van der Waals surface area contributed by atoms with E-state index in [4.69, 9.17) is 5.14 Å². The first-order chi connectivity index (χ1) is 13.8. The molecule has 0 saturated heterocycles. The third kappa shape index (κ3) is 4.02. The zero-order chi connectivity index (χ0) is 20.6. The van der Waals surface area contributed by atoms with E-state index in [-0.39, 0.29) is 10.8 Å². The summed E-state index contributed by atoms with van der Waals surface area (Å²) >= 11 is 1.51. The molecule has 4 rings (SSSR count). The van der Waals surface area contributed by atoms with Gasteiger partial charge in [0.05, 0.1) is 4.90 Å². The summed E-state index contributed by atoms with van der Waals surface area (Å²) < 4.78 is 22.6. The van der Waals surface area contributed by atoms with Crippen molar-refractivity contribution in [2.75, 3.05) is 5.32 Å². The van der Waals surface area contributed by atoms with Gasteiger partial charge in [-0.25, -0.2) is 23.5 Å². The summed E-state index contributed by atoms with van der Waals surface area (Å²) in [4.78, 5) is 22.2. The van der Waals surface area contributed by atoms with E-state index in [2.05, 4.69) is 15.3 Å². The second-order valence-corrected chi connectivity index (χ2v) is 8.94. The highest BCUT2D eigenvalue weighted by Gasteiger charge is 2.13. The van der Waals surface area contributed by atoms with Gasteiger partial charge in [0, 0.05) is 23.0 Å². The Hall–Kier alpha value is -3.14. The lowest BCUT2D eigenvalue weighted by Crippen LogP contribution is -2.15. The van der Waals surface area contributed by atoms with E-state index in [1.807, 2.05) is 37.3 Å². The van der Waals surface area contributed by atoms with Crippen molar-refractivity contribution in [2.24, 2.45) is 5.14 Å². The molecule has 7 nitrogen and oxygen atoms in total. The number of carbonyl (C=O) groups is 1. The Kier molecular flexibility index (Phi) is 4.87. The molecule has 0 aliphatic rings. The molecule has 1 amide bonds. The van der Waals surface area contributed by atoms with Crippen molar-refractivity contribution in [1.82, 2.24) is 9.97 Å². The van der Waals surface area contributed by atoms with E-state index >= 15 is 0 Å². The highest BCUT2D eigenvalue weighted by atomic mass is 32.2. The number of nitrogens with zero attached hydrogens (tertiary/aromatic N) is 2. The first kappa shape index (κ1) is 19.2. The van der Waals surface area contributed by atoms with Crippen LogP contribution >= 0.6 is 11.3 Å². The Labute approximate surface area is 171 Å². The Morgan fingerprint density at radius 2 is 1.86 bits per heavy atom. The van der Waals surface area contributed by atoms with Gasteiger partial charge < -0.3 is 5.32 Å². The summed E-state index contributed by atoms with van der Waals surface area (Å²) in [5.74, 6) is -0.342. The number of nitrogens with two attached hydrogens (primary N) is 1. The topological polar surface area (TPSA) is 115 Å². The summed E-state index contributed by atoms with van der Waals surface area (Å²) in [5.41, 5.74) is 3.67. The molecule has 3 N–H and O–H groups in total. The van der Waals surface area contributed by atoms with Crippen molar-refractivity contribution in [1.29, 1.82) is 0 Å². The molecule has 0 fully saturated rings. The lowest BCUT2D eigenvalue weighted by atomic mass is 10.1. The van der Waals surface area contributed by atoms with Gasteiger partial charge in [-0.2, -0.15) is 0 Å². The number of hydrogen-bond donors (Lipinski definition) is 2. The Morgan fingerprint density at radius 1 is 1.10 bits per heavy atom. The molecule has 0 spiro atoms. The molecule has 9 heteroatoms. The molecule has 2 heterocycles. The number of pyridine rings is 1. The summed E-state index contributed by atoms with van der Waals surface area (Å²) in [6, 6.07) is 14.9. The van der Waals surface area contributed by atoms with Gasteiger partial charge in [-0.3, -0.25) is 4.79 Å². The number of hydrogen-bond acceptors (Lipinski definition) is 6. The molecule has 0 unspecified atom stereocenters. The highest BCUT2D eigenvalue weighted by Crippen LogP contribution is 2.31. The fraction of sp³-hybridized carbons (Fsp3) is 0.0500. The average molecular weight is 425 g/mol. The molecular weight excluding hydrogens is 408 g/mol. The van der Waals surface area contributed by atoms with Crippen LogP contribution in [0.25, 0.3) is 20.9 Å². The summed E-state index contributed by atoms with van der Waals surface area (Å²) in [5, 5.41) is 8.78. The molecule has 2 aromatic carbocycles. The van der Waals surface area contributed by atoms with Crippen LogP contribution in [0.5, 0.6) is 0 Å². The van der Waals surface area contributed by atoms with Crippen molar-refractivity contribution < 1.29 is 13.2 Å². The van der Waals surface area contributed by atoms with Crippen LogP contribution in [0.2, 0.25) is 0 Å². The van der Waals surface area contributed by atoms with E-state index in [0.717, 1.165) is 26.5 Å². The highest BCUT2D eigenvalue weighted by molar-refractivity contribution is 7.89. The van der Waals surface area contributed by atoms with Crippen LogP contribution in [-0.2, 0) is 10.0 Å². The SMILES string of the molecule is Cc1cc(-c2nc3cccnc3s2)ccc1NC(=O)c1ccc(S(N)(=O)=O)cc1. The van der Waals surface area contributed by atoms with Crippen LogP contribution in [0.1, 0.15) is 15.9 Å². The van der Waals surface area contributed by atoms with E-state index in [0.29, 0.717) is 11.3 Å². The summed E-state index contributed by atoms with van der Waals surface area (Å²) in [7, 11) is -3.79. The standard InChI is InChI=1S/C20H16N4O3S2/c1-12-11-14(19-24-17-3-2-10-22-20(17)28-19)6-9-16(12)23-18(25)13-4-7-15(8-5-13)29(21,26)27/h2-11H,1H3,(H,23,25)(H2,21,26,27). The first-order valence-corrected chi connectivity index (χ1v) is 10.9. The van der Waals surface area contributed by atoms with Crippen molar-refractivity contribution in [3.8, 4) is 10.6 Å². The Morgan fingerprint density at radius 3 is 2.52 bits per heavy atom. The lowest BCUT2D eigenvalue weighted by molar-refractivity contribution is 0.102. The fourth-order valence-corrected chi connectivity index (χ4v) is 4.24. The van der Waals surface area contributed by atoms with Gasteiger partial charge >= 0.3 is 0 Å². The largest absolute Gasteiger partial charge is 0.322 e. The van der Waals surface area contributed by atoms with Gasteiger partial charge in [0.15, 0.2) is 0 Å². The van der Waals surface area contributed by atoms with Crippen molar-refractivity contribution in [2.45, 2.75) is 11.8 Å². The number of benzene rings is 2. The Bertz CT molecular complexity index is 1300. The zero-order valence-electron chi connectivity index (χ0n) is 15.3. The molecule has 0 aliphatic heterocycles. The molecule has 29 heavy (non-hydrogen) atoms.